The summed E-state index contributed by atoms with van der Waals surface area (Å²) >= 11 is 0. The number of carbonyl (C=O) groups is 3. The highest BCUT2D eigenvalue weighted by atomic mass is 16.4. The van der Waals surface area contributed by atoms with Crippen molar-refractivity contribution in [3.05, 3.63) is 42.2 Å². The Morgan fingerprint density at radius 2 is 2.12 bits per heavy atom. The number of fused-ring (bicyclic) bond motifs is 1. The van der Waals surface area contributed by atoms with Crippen LogP contribution in [0.15, 0.2) is 30.9 Å². The van der Waals surface area contributed by atoms with Gasteiger partial charge in [0.1, 0.15) is 5.54 Å². The molecule has 4 rings (SSSR count). The first-order valence-electron chi connectivity index (χ1n) is 7.49. The Kier molecular flexibility index (Phi) is 3.07. The zero-order valence-corrected chi connectivity index (χ0v) is 12.4. The number of aliphatic carboxylic acids is 1. The van der Waals surface area contributed by atoms with Crippen molar-refractivity contribution in [3.8, 4) is 0 Å². The molecular weight excluding hydrogens is 314 g/mol. The van der Waals surface area contributed by atoms with E-state index in [2.05, 4.69) is 25.6 Å². The number of aromatic amines is 2. The molecule has 5 N–H and O–H groups in total. The van der Waals surface area contributed by atoms with E-state index in [4.69, 9.17) is 0 Å². The number of nitrogens with one attached hydrogen (secondary N) is 4. The second-order valence-electron chi connectivity index (χ2n) is 6.13. The predicted octanol–water partition coefficient (Wildman–Crippen LogP) is -0.663. The van der Waals surface area contributed by atoms with Crippen LogP contribution >= 0.6 is 0 Å². The number of amides is 2. The first-order chi connectivity index (χ1) is 11.5. The fourth-order valence-corrected chi connectivity index (χ4v) is 3.85. The molecule has 2 aromatic rings. The summed E-state index contributed by atoms with van der Waals surface area (Å²) < 4.78 is 0. The van der Waals surface area contributed by atoms with Crippen LogP contribution in [0.5, 0.6) is 0 Å². The molecule has 2 amide bonds. The Hall–Kier alpha value is -2.94. The molecule has 0 spiro atoms. The molecule has 2 unspecified atom stereocenters. The third-order valence-corrected chi connectivity index (χ3v) is 4.86. The van der Waals surface area contributed by atoms with Crippen LogP contribution in [0.1, 0.15) is 17.4 Å². The van der Waals surface area contributed by atoms with E-state index >= 15 is 0 Å². The van der Waals surface area contributed by atoms with Gasteiger partial charge in [-0.25, -0.2) is 4.98 Å². The number of carbonyl (C=O) groups excluding carboxylic acids is 2. The number of aromatic nitrogens is 3. The monoisotopic (exact) mass is 329 g/mol. The van der Waals surface area contributed by atoms with Crippen molar-refractivity contribution in [3.63, 3.8) is 0 Å². The van der Waals surface area contributed by atoms with Gasteiger partial charge in [-0.2, -0.15) is 0 Å². The van der Waals surface area contributed by atoms with Crippen LogP contribution in [0.4, 0.5) is 0 Å². The summed E-state index contributed by atoms with van der Waals surface area (Å²) in [5, 5.41) is 15.3. The van der Waals surface area contributed by atoms with Crippen molar-refractivity contribution < 1.29 is 19.5 Å². The highest BCUT2D eigenvalue weighted by molar-refractivity contribution is 6.09. The van der Waals surface area contributed by atoms with Crippen LogP contribution in [0.2, 0.25) is 0 Å². The SMILES string of the molecule is O=C1NC(=O)[C@H]2[C@@H]1C(c1ccc[nH]1)NC2(Cc1cnc[nH]1)C(=O)O. The molecule has 2 aromatic heterocycles. The summed E-state index contributed by atoms with van der Waals surface area (Å²) in [6.45, 7) is 0. The number of imidazole rings is 1. The maximum Gasteiger partial charge on any atom is 0.325 e. The molecule has 0 bridgehead atoms. The van der Waals surface area contributed by atoms with Crippen molar-refractivity contribution in [1.82, 2.24) is 25.6 Å². The van der Waals surface area contributed by atoms with E-state index in [1.54, 1.807) is 18.3 Å². The smallest absolute Gasteiger partial charge is 0.325 e. The molecule has 9 heteroatoms. The Labute approximate surface area is 135 Å². The predicted molar refractivity (Wildman–Crippen MR) is 79.5 cm³/mol. The molecule has 9 nitrogen and oxygen atoms in total. The molecule has 2 aliphatic rings. The topological polar surface area (TPSA) is 140 Å². The standard InChI is InChI=1S/C15H15N5O4/c21-12-9-10(13(22)19-12)15(14(23)24,4-7-5-16-6-18-7)20-11(9)8-2-1-3-17-8/h1-3,5-6,9-11,17,20H,4H2,(H,16,18)(H,23,24)(H,19,21,22)/t9-,10-,11?,15?/m1/s1. The molecule has 4 heterocycles. The second kappa shape index (κ2) is 5.03. The average Bonchev–Trinajstić information content (AvgIpc) is 3.29. The van der Waals surface area contributed by atoms with Gasteiger partial charge in [0, 0.05) is 30.2 Å². The molecule has 0 aromatic carbocycles. The molecule has 2 saturated heterocycles. The normalized spacial score (nSPS) is 31.9. The number of carboxylic acid groups (broad SMARTS) is 1. The van der Waals surface area contributed by atoms with Crippen molar-refractivity contribution in [1.29, 1.82) is 0 Å². The summed E-state index contributed by atoms with van der Waals surface area (Å²) in [7, 11) is 0. The van der Waals surface area contributed by atoms with Crippen LogP contribution in [0, 0.1) is 11.8 Å². The number of hydrogen-bond acceptors (Lipinski definition) is 5. The summed E-state index contributed by atoms with van der Waals surface area (Å²) in [6.07, 6.45) is 4.66. The number of hydrogen-bond donors (Lipinski definition) is 5. The Bertz CT molecular complexity index is 800. The van der Waals surface area contributed by atoms with Crippen LogP contribution in [0.25, 0.3) is 0 Å². The minimum Gasteiger partial charge on any atom is -0.480 e. The van der Waals surface area contributed by atoms with Gasteiger partial charge in [0.2, 0.25) is 11.8 Å². The lowest BCUT2D eigenvalue weighted by Crippen LogP contribution is -2.57. The highest BCUT2D eigenvalue weighted by Crippen LogP contribution is 2.47. The van der Waals surface area contributed by atoms with E-state index in [9.17, 15) is 19.5 Å². The molecule has 0 radical (unpaired) electrons. The Morgan fingerprint density at radius 3 is 2.75 bits per heavy atom. The quantitative estimate of drug-likeness (QED) is 0.472. The molecule has 124 valence electrons. The van der Waals surface area contributed by atoms with Crippen molar-refractivity contribution in [2.45, 2.75) is 18.0 Å². The van der Waals surface area contributed by atoms with E-state index < -0.39 is 41.2 Å². The maximum atomic E-state index is 12.4. The van der Waals surface area contributed by atoms with E-state index in [-0.39, 0.29) is 6.42 Å². The van der Waals surface area contributed by atoms with Gasteiger partial charge in [0.05, 0.1) is 24.2 Å². The molecular formula is C15H15N5O4. The number of carboxylic acids is 1. The van der Waals surface area contributed by atoms with E-state index in [0.717, 1.165) is 0 Å². The molecule has 24 heavy (non-hydrogen) atoms. The van der Waals surface area contributed by atoms with Crippen LogP contribution in [-0.4, -0.2) is 43.4 Å². The van der Waals surface area contributed by atoms with Crippen LogP contribution < -0.4 is 10.6 Å². The first-order valence-corrected chi connectivity index (χ1v) is 7.49. The first kappa shape index (κ1) is 14.6. The number of nitrogens with zero attached hydrogens (tertiary/aromatic N) is 1. The maximum absolute atomic E-state index is 12.4. The van der Waals surface area contributed by atoms with Gasteiger partial charge in [-0.05, 0) is 12.1 Å². The summed E-state index contributed by atoms with van der Waals surface area (Å²) in [6, 6.07) is 2.94. The summed E-state index contributed by atoms with van der Waals surface area (Å²) in [5.74, 6) is -3.97. The molecule has 4 atom stereocenters. The van der Waals surface area contributed by atoms with Crippen molar-refractivity contribution in [2.75, 3.05) is 0 Å². The third kappa shape index (κ3) is 1.91. The molecule has 2 aliphatic heterocycles. The largest absolute Gasteiger partial charge is 0.480 e. The minimum atomic E-state index is -1.59. The van der Waals surface area contributed by atoms with Crippen molar-refractivity contribution in [2.24, 2.45) is 11.8 Å². The van der Waals surface area contributed by atoms with Gasteiger partial charge in [-0.1, -0.05) is 0 Å². The fraction of sp³-hybridized carbons (Fsp3) is 0.333. The van der Waals surface area contributed by atoms with Gasteiger partial charge in [-0.3, -0.25) is 25.0 Å². The van der Waals surface area contributed by atoms with Crippen LogP contribution in [0.3, 0.4) is 0 Å². The molecule has 0 aliphatic carbocycles. The summed E-state index contributed by atoms with van der Waals surface area (Å²) in [5.41, 5.74) is -0.353. The van der Waals surface area contributed by atoms with Gasteiger partial charge >= 0.3 is 5.97 Å². The molecule has 0 saturated carbocycles. The van der Waals surface area contributed by atoms with Gasteiger partial charge in [0.25, 0.3) is 0 Å². The highest BCUT2D eigenvalue weighted by Gasteiger charge is 2.66. The zero-order valence-electron chi connectivity index (χ0n) is 12.4. The van der Waals surface area contributed by atoms with Gasteiger partial charge in [0.15, 0.2) is 0 Å². The lowest BCUT2D eigenvalue weighted by atomic mass is 9.77. The number of rotatable bonds is 4. The third-order valence-electron chi connectivity index (χ3n) is 4.86. The van der Waals surface area contributed by atoms with Crippen molar-refractivity contribution >= 4 is 17.8 Å². The second-order valence-corrected chi connectivity index (χ2v) is 6.13. The van der Waals surface area contributed by atoms with Gasteiger partial charge in [-0.15, -0.1) is 0 Å². The lowest BCUT2D eigenvalue weighted by molar-refractivity contribution is -0.149. The minimum absolute atomic E-state index is 0.0153. The Balaban J connectivity index is 1.82. The lowest BCUT2D eigenvalue weighted by Gasteiger charge is -2.29. The Morgan fingerprint density at radius 1 is 1.29 bits per heavy atom. The zero-order chi connectivity index (χ0) is 16.9. The fourth-order valence-electron chi connectivity index (χ4n) is 3.85. The summed E-state index contributed by atoms with van der Waals surface area (Å²) in [4.78, 5) is 46.6. The van der Waals surface area contributed by atoms with Gasteiger partial charge < -0.3 is 15.1 Å². The van der Waals surface area contributed by atoms with E-state index in [0.29, 0.717) is 11.4 Å². The van der Waals surface area contributed by atoms with Crippen LogP contribution in [-0.2, 0) is 20.8 Å². The average molecular weight is 329 g/mol. The molecule has 2 fully saturated rings. The number of H-pyrrole nitrogens is 2. The van der Waals surface area contributed by atoms with E-state index in [1.165, 1.54) is 12.5 Å². The number of imide groups is 1. The van der Waals surface area contributed by atoms with E-state index in [1.807, 2.05) is 0 Å².